The summed E-state index contributed by atoms with van der Waals surface area (Å²) in [6.07, 6.45) is -0.544. The average Bonchev–Trinajstić information content (AvgIpc) is 2.67. The summed E-state index contributed by atoms with van der Waals surface area (Å²) in [6.45, 7) is 1.42. The number of hydrogen-bond donors (Lipinski definition) is 3. The van der Waals surface area contributed by atoms with Crippen LogP contribution in [0.15, 0.2) is 60.7 Å². The number of carboxylic acids is 1. The third kappa shape index (κ3) is 6.81. The van der Waals surface area contributed by atoms with E-state index in [0.29, 0.717) is 0 Å². The minimum Gasteiger partial charge on any atom is -0.480 e. The lowest BCUT2D eigenvalue weighted by Crippen LogP contribution is -2.51. The highest BCUT2D eigenvalue weighted by molar-refractivity contribution is 5.89. The molecule has 2 aromatic carbocycles. The Hall–Kier alpha value is -3.35. The van der Waals surface area contributed by atoms with Crippen molar-refractivity contribution in [3.8, 4) is 0 Å². The molecule has 2 amide bonds. The molecule has 27 heavy (non-hydrogen) atoms. The molecule has 7 heteroatoms. The number of benzene rings is 2. The van der Waals surface area contributed by atoms with Gasteiger partial charge in [0.05, 0.1) is 0 Å². The van der Waals surface area contributed by atoms with Crippen LogP contribution in [0, 0.1) is 0 Å². The Balaban J connectivity index is 2.00. The van der Waals surface area contributed by atoms with Crippen LogP contribution in [-0.4, -0.2) is 35.2 Å². The second-order valence-corrected chi connectivity index (χ2v) is 6.02. The van der Waals surface area contributed by atoms with E-state index in [1.165, 1.54) is 6.92 Å². The summed E-state index contributed by atoms with van der Waals surface area (Å²) in [7, 11) is 0. The molecule has 0 saturated heterocycles. The van der Waals surface area contributed by atoms with Crippen molar-refractivity contribution in [2.45, 2.75) is 32.0 Å². The molecule has 0 aliphatic heterocycles. The Bertz CT molecular complexity index is 764. The lowest BCUT2D eigenvalue weighted by molar-refractivity contribution is -0.141. The highest BCUT2D eigenvalue weighted by Gasteiger charge is 2.25. The van der Waals surface area contributed by atoms with Gasteiger partial charge in [0.2, 0.25) is 5.91 Å². The Labute approximate surface area is 157 Å². The van der Waals surface area contributed by atoms with Gasteiger partial charge in [0, 0.05) is 6.42 Å². The van der Waals surface area contributed by atoms with Gasteiger partial charge in [-0.2, -0.15) is 0 Å². The van der Waals surface area contributed by atoms with E-state index in [1.54, 1.807) is 0 Å². The molecule has 3 N–H and O–H groups in total. The summed E-state index contributed by atoms with van der Waals surface area (Å²) in [5.41, 5.74) is 1.64. The molecular formula is C20H22N2O5. The summed E-state index contributed by atoms with van der Waals surface area (Å²) in [4.78, 5) is 35.5. The lowest BCUT2D eigenvalue weighted by atomic mass is 10.1. The van der Waals surface area contributed by atoms with Gasteiger partial charge in [0.15, 0.2) is 0 Å². The van der Waals surface area contributed by atoms with Gasteiger partial charge in [-0.1, -0.05) is 60.7 Å². The number of aliphatic carboxylic acids is 1. The van der Waals surface area contributed by atoms with Crippen LogP contribution in [0.2, 0.25) is 0 Å². The molecule has 1 unspecified atom stereocenters. The van der Waals surface area contributed by atoms with Crippen LogP contribution in [0.4, 0.5) is 4.79 Å². The van der Waals surface area contributed by atoms with Crippen LogP contribution in [0.25, 0.3) is 0 Å². The van der Waals surface area contributed by atoms with Gasteiger partial charge in [0.1, 0.15) is 18.7 Å². The SMILES string of the molecule is C[C@@H](NC(=O)C(Cc1ccccc1)NC(=O)OCc1ccccc1)C(=O)O. The van der Waals surface area contributed by atoms with Gasteiger partial charge in [-0.05, 0) is 18.1 Å². The first kappa shape index (κ1) is 20.0. The zero-order valence-electron chi connectivity index (χ0n) is 14.9. The standard InChI is InChI=1S/C20H22N2O5/c1-14(19(24)25)21-18(23)17(12-15-8-4-2-5-9-15)22-20(26)27-13-16-10-6-3-7-11-16/h2-11,14,17H,12-13H2,1H3,(H,21,23)(H,22,26)(H,24,25)/t14-,17?/m1/s1. The first-order chi connectivity index (χ1) is 13.0. The van der Waals surface area contributed by atoms with Crippen LogP contribution in [0.5, 0.6) is 0 Å². The zero-order chi connectivity index (χ0) is 19.6. The normalized spacial score (nSPS) is 12.5. The number of ether oxygens (including phenoxy) is 1. The monoisotopic (exact) mass is 370 g/mol. The molecule has 2 atom stereocenters. The van der Waals surface area contributed by atoms with Crippen molar-refractivity contribution in [2.24, 2.45) is 0 Å². The van der Waals surface area contributed by atoms with Crippen LogP contribution < -0.4 is 10.6 Å². The minimum atomic E-state index is -1.16. The maximum absolute atomic E-state index is 12.4. The third-order valence-electron chi connectivity index (χ3n) is 3.83. The Morgan fingerprint density at radius 2 is 1.48 bits per heavy atom. The summed E-state index contributed by atoms with van der Waals surface area (Å²) in [6, 6.07) is 16.2. The summed E-state index contributed by atoms with van der Waals surface area (Å²) in [5, 5.41) is 13.9. The fourth-order valence-electron chi connectivity index (χ4n) is 2.34. The molecule has 7 nitrogen and oxygen atoms in total. The number of nitrogens with one attached hydrogen (secondary N) is 2. The van der Waals surface area contributed by atoms with Crippen molar-refractivity contribution in [1.82, 2.24) is 10.6 Å². The molecular weight excluding hydrogens is 348 g/mol. The smallest absolute Gasteiger partial charge is 0.408 e. The van der Waals surface area contributed by atoms with E-state index in [0.717, 1.165) is 11.1 Å². The highest BCUT2D eigenvalue weighted by Crippen LogP contribution is 2.06. The zero-order valence-corrected chi connectivity index (χ0v) is 14.9. The largest absolute Gasteiger partial charge is 0.480 e. The van der Waals surface area contributed by atoms with E-state index in [2.05, 4.69) is 10.6 Å². The first-order valence-electron chi connectivity index (χ1n) is 8.50. The maximum atomic E-state index is 12.4. The molecule has 0 radical (unpaired) electrons. The van der Waals surface area contributed by atoms with Crippen molar-refractivity contribution in [2.75, 3.05) is 0 Å². The number of carbonyl (C=O) groups is 3. The molecule has 0 spiro atoms. The van der Waals surface area contributed by atoms with Gasteiger partial charge < -0.3 is 20.5 Å². The Kier molecular flexibility index (Phi) is 7.37. The molecule has 142 valence electrons. The first-order valence-corrected chi connectivity index (χ1v) is 8.50. The molecule has 0 heterocycles. The summed E-state index contributed by atoms with van der Waals surface area (Å²) < 4.78 is 5.15. The van der Waals surface area contributed by atoms with Gasteiger partial charge in [-0.25, -0.2) is 4.79 Å². The van der Waals surface area contributed by atoms with Crippen molar-refractivity contribution >= 4 is 18.0 Å². The number of rotatable bonds is 8. The molecule has 0 aliphatic rings. The predicted molar refractivity (Wildman–Crippen MR) is 98.9 cm³/mol. The van der Waals surface area contributed by atoms with E-state index in [-0.39, 0.29) is 13.0 Å². The van der Waals surface area contributed by atoms with Crippen LogP contribution in [-0.2, 0) is 27.4 Å². The lowest BCUT2D eigenvalue weighted by Gasteiger charge is -2.20. The van der Waals surface area contributed by atoms with Crippen LogP contribution >= 0.6 is 0 Å². The molecule has 2 rings (SSSR count). The van der Waals surface area contributed by atoms with E-state index in [1.807, 2.05) is 60.7 Å². The minimum absolute atomic E-state index is 0.0673. The second-order valence-electron chi connectivity index (χ2n) is 6.02. The van der Waals surface area contributed by atoms with Gasteiger partial charge >= 0.3 is 12.1 Å². The van der Waals surface area contributed by atoms with E-state index >= 15 is 0 Å². The van der Waals surface area contributed by atoms with Crippen molar-refractivity contribution in [3.63, 3.8) is 0 Å². The van der Waals surface area contributed by atoms with Gasteiger partial charge in [-0.3, -0.25) is 9.59 Å². The van der Waals surface area contributed by atoms with Crippen LogP contribution in [0.3, 0.4) is 0 Å². The molecule has 2 aromatic rings. The Morgan fingerprint density at radius 3 is 2.04 bits per heavy atom. The fraction of sp³-hybridized carbons (Fsp3) is 0.250. The highest BCUT2D eigenvalue weighted by atomic mass is 16.5. The number of carbonyl (C=O) groups excluding carboxylic acids is 2. The van der Waals surface area contributed by atoms with E-state index < -0.39 is 30.1 Å². The Morgan fingerprint density at radius 1 is 0.926 bits per heavy atom. The number of hydrogen-bond acceptors (Lipinski definition) is 4. The van der Waals surface area contributed by atoms with Gasteiger partial charge in [0.25, 0.3) is 0 Å². The van der Waals surface area contributed by atoms with E-state index in [4.69, 9.17) is 9.84 Å². The van der Waals surface area contributed by atoms with E-state index in [9.17, 15) is 14.4 Å². The fourth-order valence-corrected chi connectivity index (χ4v) is 2.34. The third-order valence-corrected chi connectivity index (χ3v) is 3.83. The summed E-state index contributed by atoms with van der Waals surface area (Å²) in [5.74, 6) is -1.75. The quantitative estimate of drug-likeness (QED) is 0.660. The predicted octanol–water partition coefficient (Wildman–Crippen LogP) is 2.11. The molecule has 0 aromatic heterocycles. The molecule has 0 aliphatic carbocycles. The number of carboxylic acid groups (broad SMARTS) is 1. The topological polar surface area (TPSA) is 105 Å². The number of amides is 2. The summed E-state index contributed by atoms with van der Waals surface area (Å²) >= 11 is 0. The number of alkyl carbamates (subject to hydrolysis) is 1. The average molecular weight is 370 g/mol. The molecule has 0 fully saturated rings. The molecule has 0 bridgehead atoms. The van der Waals surface area contributed by atoms with Gasteiger partial charge in [-0.15, -0.1) is 0 Å². The van der Waals surface area contributed by atoms with Crippen molar-refractivity contribution < 1.29 is 24.2 Å². The maximum Gasteiger partial charge on any atom is 0.408 e. The second kappa shape index (κ2) is 9.96. The van der Waals surface area contributed by atoms with Crippen molar-refractivity contribution in [3.05, 3.63) is 71.8 Å². The van der Waals surface area contributed by atoms with Crippen molar-refractivity contribution in [1.29, 1.82) is 0 Å². The van der Waals surface area contributed by atoms with Crippen LogP contribution in [0.1, 0.15) is 18.1 Å². The molecule has 0 saturated carbocycles.